The predicted octanol–water partition coefficient (Wildman–Crippen LogP) is 3.27. The van der Waals surface area contributed by atoms with Crippen LogP contribution in [0.25, 0.3) is 0 Å². The molecule has 0 spiro atoms. The van der Waals surface area contributed by atoms with Gasteiger partial charge in [-0.2, -0.15) is 0 Å². The van der Waals surface area contributed by atoms with Crippen LogP contribution in [0.3, 0.4) is 0 Å². The summed E-state index contributed by atoms with van der Waals surface area (Å²) in [5.41, 5.74) is 2.58. The fourth-order valence-electron chi connectivity index (χ4n) is 4.54. The molecule has 3 fully saturated rings. The molecule has 0 aromatic heterocycles. The van der Waals surface area contributed by atoms with Gasteiger partial charge in [0.1, 0.15) is 0 Å². The van der Waals surface area contributed by atoms with Gasteiger partial charge in [-0.3, -0.25) is 9.69 Å². The Morgan fingerprint density at radius 2 is 1.52 bits per heavy atom. The Morgan fingerprint density at radius 1 is 0.963 bits per heavy atom. The van der Waals surface area contributed by atoms with Gasteiger partial charge in [-0.05, 0) is 61.1 Å². The number of amides is 1. The average Bonchev–Trinajstić information content (AvgIpc) is 3.59. The normalized spacial score (nSPS) is 21.6. The van der Waals surface area contributed by atoms with E-state index in [4.69, 9.17) is 0 Å². The second-order valence-electron chi connectivity index (χ2n) is 8.85. The smallest absolute Gasteiger partial charge is 0.220 e. The molecule has 4 heteroatoms. The molecule has 0 atom stereocenters. The number of carbonyl (C=O) groups is 1. The minimum absolute atomic E-state index is 0.247. The first kappa shape index (κ1) is 18.9. The average molecular weight is 370 g/mol. The van der Waals surface area contributed by atoms with Crippen molar-refractivity contribution in [3.05, 3.63) is 35.4 Å². The Labute approximate surface area is 164 Å². The van der Waals surface area contributed by atoms with Gasteiger partial charge in [0.05, 0.1) is 0 Å². The van der Waals surface area contributed by atoms with Crippen molar-refractivity contribution in [3.8, 4) is 0 Å². The molecule has 1 amide bonds. The maximum atomic E-state index is 12.4. The zero-order valence-corrected chi connectivity index (χ0v) is 16.8. The number of likely N-dealkylation sites (N-methyl/N-ethyl adjacent to an activating group) is 1. The molecule has 4 nitrogen and oxygen atoms in total. The quantitative estimate of drug-likeness (QED) is 0.726. The van der Waals surface area contributed by atoms with Gasteiger partial charge in [-0.25, -0.2) is 0 Å². The van der Waals surface area contributed by atoms with E-state index in [1.807, 2.05) is 0 Å². The van der Waals surface area contributed by atoms with E-state index in [0.717, 1.165) is 44.4 Å². The van der Waals surface area contributed by atoms with Crippen LogP contribution in [-0.2, 0) is 17.9 Å². The highest BCUT2D eigenvalue weighted by molar-refractivity contribution is 5.76. The molecule has 148 valence electrons. The summed E-state index contributed by atoms with van der Waals surface area (Å²) in [7, 11) is 0. The zero-order valence-electron chi connectivity index (χ0n) is 16.8. The molecule has 0 radical (unpaired) electrons. The highest BCUT2D eigenvalue weighted by Crippen LogP contribution is 2.50. The summed E-state index contributed by atoms with van der Waals surface area (Å²) in [5, 5.41) is 3.15. The molecule has 1 heterocycles. The van der Waals surface area contributed by atoms with Crippen molar-refractivity contribution in [1.29, 1.82) is 0 Å². The summed E-state index contributed by atoms with van der Waals surface area (Å²) in [6.07, 6.45) is 6.15. The maximum absolute atomic E-state index is 12.4. The summed E-state index contributed by atoms with van der Waals surface area (Å²) in [5.74, 6) is 2.61. The van der Waals surface area contributed by atoms with E-state index in [1.165, 1.54) is 49.9 Å². The zero-order chi connectivity index (χ0) is 18.6. The topological polar surface area (TPSA) is 35.6 Å². The van der Waals surface area contributed by atoms with E-state index >= 15 is 0 Å². The van der Waals surface area contributed by atoms with Crippen LogP contribution < -0.4 is 5.32 Å². The molecule has 0 bridgehead atoms. The first-order chi connectivity index (χ1) is 13.2. The van der Waals surface area contributed by atoms with Gasteiger partial charge in [-0.15, -0.1) is 0 Å². The molecule has 27 heavy (non-hydrogen) atoms. The largest absolute Gasteiger partial charge is 0.352 e. The van der Waals surface area contributed by atoms with Crippen LogP contribution in [0.5, 0.6) is 0 Å². The molecule has 3 aliphatic rings. The van der Waals surface area contributed by atoms with Crippen LogP contribution in [0.1, 0.15) is 50.2 Å². The minimum atomic E-state index is 0.247. The lowest BCUT2D eigenvalue weighted by Gasteiger charge is -2.34. The molecule has 0 unspecified atom stereocenters. The number of carbonyl (C=O) groups excluding carboxylic acids is 1. The number of hydrogen-bond acceptors (Lipinski definition) is 3. The molecule has 1 aromatic carbocycles. The van der Waals surface area contributed by atoms with Gasteiger partial charge >= 0.3 is 0 Å². The third-order valence-corrected chi connectivity index (χ3v) is 6.71. The van der Waals surface area contributed by atoms with Gasteiger partial charge in [0.25, 0.3) is 0 Å². The Kier molecular flexibility index (Phi) is 6.14. The maximum Gasteiger partial charge on any atom is 0.220 e. The molecule has 4 rings (SSSR count). The summed E-state index contributed by atoms with van der Waals surface area (Å²) in [6.45, 7) is 9.79. The molecule has 2 aliphatic carbocycles. The highest BCUT2D eigenvalue weighted by Gasteiger charge is 2.42. The van der Waals surface area contributed by atoms with E-state index in [2.05, 4.69) is 46.3 Å². The number of rotatable bonds is 9. The Hall–Kier alpha value is -1.39. The van der Waals surface area contributed by atoms with Gasteiger partial charge in [0.2, 0.25) is 5.91 Å². The van der Waals surface area contributed by atoms with Crippen LogP contribution >= 0.6 is 0 Å². The lowest BCUT2D eigenvalue weighted by Crippen LogP contribution is -2.45. The van der Waals surface area contributed by atoms with E-state index in [-0.39, 0.29) is 5.91 Å². The second kappa shape index (κ2) is 8.74. The highest BCUT2D eigenvalue weighted by atomic mass is 16.1. The van der Waals surface area contributed by atoms with Crippen molar-refractivity contribution in [2.75, 3.05) is 32.7 Å². The lowest BCUT2D eigenvalue weighted by atomic mass is 9.94. The van der Waals surface area contributed by atoms with Crippen molar-refractivity contribution >= 4 is 5.91 Å². The molecule has 2 saturated carbocycles. The van der Waals surface area contributed by atoms with Gasteiger partial charge in [0.15, 0.2) is 0 Å². The van der Waals surface area contributed by atoms with Crippen molar-refractivity contribution in [3.63, 3.8) is 0 Å². The standard InChI is InChI=1S/C23H35N3O/c1-2-25-11-13-26(14-12-25)17-19-5-3-18(4-6-19)16-24-23(27)15-22(20-7-8-20)21-9-10-21/h3-6,20-22H,2,7-17H2,1H3,(H,24,27). The molecule has 1 saturated heterocycles. The lowest BCUT2D eigenvalue weighted by molar-refractivity contribution is -0.122. The van der Waals surface area contributed by atoms with E-state index in [0.29, 0.717) is 12.5 Å². The van der Waals surface area contributed by atoms with Gasteiger partial charge in [-0.1, -0.05) is 31.2 Å². The first-order valence-electron chi connectivity index (χ1n) is 11.0. The fraction of sp³-hybridized carbons (Fsp3) is 0.696. The van der Waals surface area contributed by atoms with Crippen LogP contribution in [0.2, 0.25) is 0 Å². The molecule has 1 N–H and O–H groups in total. The van der Waals surface area contributed by atoms with Crippen LogP contribution in [-0.4, -0.2) is 48.4 Å². The van der Waals surface area contributed by atoms with Crippen LogP contribution in [0.4, 0.5) is 0 Å². The number of benzene rings is 1. The number of piperazine rings is 1. The monoisotopic (exact) mass is 369 g/mol. The number of nitrogens with zero attached hydrogens (tertiary/aromatic N) is 2. The minimum Gasteiger partial charge on any atom is -0.352 e. The summed E-state index contributed by atoms with van der Waals surface area (Å²) in [4.78, 5) is 17.4. The van der Waals surface area contributed by atoms with Crippen molar-refractivity contribution in [2.45, 2.75) is 52.1 Å². The fourth-order valence-corrected chi connectivity index (χ4v) is 4.54. The molecule has 1 aromatic rings. The van der Waals surface area contributed by atoms with E-state index < -0.39 is 0 Å². The van der Waals surface area contributed by atoms with Crippen molar-refractivity contribution in [2.24, 2.45) is 17.8 Å². The van der Waals surface area contributed by atoms with Crippen LogP contribution in [0.15, 0.2) is 24.3 Å². The van der Waals surface area contributed by atoms with Gasteiger partial charge < -0.3 is 10.2 Å². The van der Waals surface area contributed by atoms with Crippen molar-refractivity contribution < 1.29 is 4.79 Å². The van der Waals surface area contributed by atoms with E-state index in [9.17, 15) is 4.79 Å². The van der Waals surface area contributed by atoms with Crippen LogP contribution in [0, 0.1) is 17.8 Å². The van der Waals surface area contributed by atoms with E-state index in [1.54, 1.807) is 0 Å². The van der Waals surface area contributed by atoms with Gasteiger partial charge in [0, 0.05) is 45.7 Å². The summed E-state index contributed by atoms with van der Waals surface area (Å²) >= 11 is 0. The number of hydrogen-bond donors (Lipinski definition) is 1. The molecular formula is C23H35N3O. The predicted molar refractivity (Wildman–Crippen MR) is 109 cm³/mol. The van der Waals surface area contributed by atoms with Crippen molar-refractivity contribution in [1.82, 2.24) is 15.1 Å². The Balaban J connectivity index is 1.19. The Bertz CT molecular complexity index is 601. The third-order valence-electron chi connectivity index (χ3n) is 6.71. The number of nitrogens with one attached hydrogen (secondary N) is 1. The first-order valence-corrected chi connectivity index (χ1v) is 11.0. The summed E-state index contributed by atoms with van der Waals surface area (Å²) in [6, 6.07) is 8.81. The summed E-state index contributed by atoms with van der Waals surface area (Å²) < 4.78 is 0. The second-order valence-corrected chi connectivity index (χ2v) is 8.85. The molecular weight excluding hydrogens is 334 g/mol. The Morgan fingerprint density at radius 3 is 2.07 bits per heavy atom. The molecule has 1 aliphatic heterocycles. The third kappa shape index (κ3) is 5.55. The SMILES string of the molecule is CCN1CCN(Cc2ccc(CNC(=O)CC(C3CC3)C3CC3)cc2)CC1.